The van der Waals surface area contributed by atoms with Gasteiger partial charge in [-0.2, -0.15) is 4.31 Å². The van der Waals surface area contributed by atoms with Gasteiger partial charge in [0.25, 0.3) is 0 Å². The van der Waals surface area contributed by atoms with E-state index in [9.17, 15) is 13.2 Å². The molecule has 1 atom stereocenters. The van der Waals surface area contributed by atoms with Crippen LogP contribution in [0.2, 0.25) is 5.02 Å². The molecule has 2 aromatic carbocycles. The van der Waals surface area contributed by atoms with Crippen molar-refractivity contribution in [2.45, 2.75) is 37.6 Å². The summed E-state index contributed by atoms with van der Waals surface area (Å²) in [5, 5.41) is 1.06. The zero-order valence-corrected chi connectivity index (χ0v) is 23.1. The number of fused-ring (bicyclic) bond motifs is 1. The highest BCUT2D eigenvalue weighted by molar-refractivity contribution is 7.89. The number of rotatable bonds is 10. The summed E-state index contributed by atoms with van der Waals surface area (Å²) >= 11 is 7.75. The third-order valence-corrected chi connectivity index (χ3v) is 9.82. The monoisotopic (exact) mass is 550 g/mol. The first-order valence-electron chi connectivity index (χ1n) is 12.0. The molecule has 0 bridgehead atoms. The van der Waals surface area contributed by atoms with Gasteiger partial charge in [-0.05, 0) is 62.3 Å². The van der Waals surface area contributed by atoms with Gasteiger partial charge >= 0.3 is 0 Å². The second-order valence-corrected chi connectivity index (χ2v) is 11.9. The van der Waals surface area contributed by atoms with Crippen LogP contribution in [0.5, 0.6) is 5.75 Å². The highest BCUT2D eigenvalue weighted by Gasteiger charge is 2.42. The Bertz CT molecular complexity index is 1310. The van der Waals surface area contributed by atoms with Crippen LogP contribution in [-0.2, 0) is 14.8 Å². The summed E-state index contributed by atoms with van der Waals surface area (Å²) < 4.78 is 34.4. The number of hydrogen-bond donors (Lipinski definition) is 0. The van der Waals surface area contributed by atoms with Gasteiger partial charge in [-0.1, -0.05) is 42.9 Å². The lowest BCUT2D eigenvalue weighted by Gasteiger charge is -2.30. The zero-order valence-electron chi connectivity index (χ0n) is 20.7. The lowest BCUT2D eigenvalue weighted by atomic mass is 10.2. The van der Waals surface area contributed by atoms with Crippen molar-refractivity contribution in [1.82, 2.24) is 14.2 Å². The fourth-order valence-corrected chi connectivity index (χ4v) is 7.39. The molecule has 0 saturated carbocycles. The quantitative estimate of drug-likeness (QED) is 0.370. The second-order valence-electron chi connectivity index (χ2n) is 8.55. The van der Waals surface area contributed by atoms with Crippen molar-refractivity contribution in [3.05, 3.63) is 47.5 Å². The Kier molecular flexibility index (Phi) is 8.52. The number of methoxy groups -OCH3 is 1. The van der Waals surface area contributed by atoms with E-state index >= 15 is 0 Å². The van der Waals surface area contributed by atoms with Crippen molar-refractivity contribution in [3.63, 3.8) is 0 Å². The third kappa shape index (κ3) is 5.38. The minimum atomic E-state index is -3.86. The first-order chi connectivity index (χ1) is 17.3. The molecule has 194 valence electrons. The van der Waals surface area contributed by atoms with Gasteiger partial charge in [0.05, 0.1) is 21.7 Å². The summed E-state index contributed by atoms with van der Waals surface area (Å²) in [5.74, 6) is 0.312. The summed E-state index contributed by atoms with van der Waals surface area (Å²) in [7, 11) is -2.34. The standard InChI is InChI=1S/C25H31ClN4O4S2/c1-4-28(5-2)16-17-29(25-27-23-20(26)8-6-10-22(23)35-25)24(31)21-9-7-15-30(21)36(32,33)19-13-11-18(34-3)12-14-19/h6,8,10-14,21H,4-5,7,9,15-17H2,1-3H3. The van der Waals surface area contributed by atoms with E-state index in [0.717, 1.165) is 17.8 Å². The van der Waals surface area contributed by atoms with Crippen LogP contribution in [0.3, 0.4) is 0 Å². The Hall–Kier alpha value is -2.24. The first-order valence-corrected chi connectivity index (χ1v) is 14.7. The molecule has 8 nitrogen and oxygen atoms in total. The number of benzene rings is 2. The van der Waals surface area contributed by atoms with Crippen LogP contribution < -0.4 is 9.64 Å². The van der Waals surface area contributed by atoms with Gasteiger partial charge in [0.15, 0.2) is 5.13 Å². The van der Waals surface area contributed by atoms with Gasteiger partial charge in [-0.3, -0.25) is 9.69 Å². The molecule has 0 aliphatic carbocycles. The van der Waals surface area contributed by atoms with Gasteiger partial charge in [-0.25, -0.2) is 13.4 Å². The van der Waals surface area contributed by atoms with Crippen molar-refractivity contribution >= 4 is 54.2 Å². The fraction of sp³-hybridized carbons (Fsp3) is 0.440. The lowest BCUT2D eigenvalue weighted by Crippen LogP contribution is -2.49. The summed E-state index contributed by atoms with van der Waals surface area (Å²) in [4.78, 5) is 22.7. The maximum absolute atomic E-state index is 14.0. The van der Waals surface area contributed by atoms with E-state index in [4.69, 9.17) is 21.3 Å². The van der Waals surface area contributed by atoms with Crippen LogP contribution in [-0.4, -0.2) is 74.4 Å². The maximum Gasteiger partial charge on any atom is 0.247 e. The van der Waals surface area contributed by atoms with Gasteiger partial charge in [-0.15, -0.1) is 0 Å². The molecule has 0 N–H and O–H groups in total. The molecule has 1 aromatic heterocycles. The summed E-state index contributed by atoms with van der Waals surface area (Å²) in [6.07, 6.45) is 1.07. The summed E-state index contributed by atoms with van der Waals surface area (Å²) in [5.41, 5.74) is 0.647. The molecular weight excluding hydrogens is 520 g/mol. The number of ether oxygens (including phenoxy) is 1. The Morgan fingerprint density at radius 2 is 1.89 bits per heavy atom. The molecule has 1 saturated heterocycles. The number of carbonyl (C=O) groups is 1. The van der Waals surface area contributed by atoms with E-state index in [2.05, 4.69) is 18.7 Å². The van der Waals surface area contributed by atoms with E-state index in [1.807, 2.05) is 12.1 Å². The van der Waals surface area contributed by atoms with Crippen LogP contribution in [0, 0.1) is 0 Å². The first kappa shape index (κ1) is 26.8. The molecule has 0 radical (unpaired) electrons. The number of hydrogen-bond acceptors (Lipinski definition) is 7. The number of sulfonamides is 1. The van der Waals surface area contributed by atoms with Crippen molar-refractivity contribution in [2.24, 2.45) is 0 Å². The van der Waals surface area contributed by atoms with E-state index in [1.54, 1.807) is 23.1 Å². The molecule has 4 rings (SSSR count). The van der Waals surface area contributed by atoms with Crippen LogP contribution in [0.1, 0.15) is 26.7 Å². The molecule has 1 amide bonds. The second kappa shape index (κ2) is 11.4. The largest absolute Gasteiger partial charge is 0.497 e. The average molecular weight is 551 g/mol. The van der Waals surface area contributed by atoms with Crippen molar-refractivity contribution in [2.75, 3.05) is 44.7 Å². The van der Waals surface area contributed by atoms with Crippen LogP contribution in [0.4, 0.5) is 5.13 Å². The lowest BCUT2D eigenvalue weighted by molar-refractivity contribution is -0.121. The number of anilines is 1. The Morgan fingerprint density at radius 1 is 1.17 bits per heavy atom. The van der Waals surface area contributed by atoms with Crippen molar-refractivity contribution in [3.8, 4) is 5.75 Å². The molecule has 36 heavy (non-hydrogen) atoms. The molecule has 3 aromatic rings. The van der Waals surface area contributed by atoms with Crippen LogP contribution in [0.25, 0.3) is 10.2 Å². The number of aromatic nitrogens is 1. The SMILES string of the molecule is CCN(CC)CCN(C(=O)C1CCCN1S(=O)(=O)c1ccc(OC)cc1)c1nc2c(Cl)cccc2s1. The molecule has 11 heteroatoms. The molecule has 1 unspecified atom stereocenters. The van der Waals surface area contributed by atoms with Gasteiger partial charge in [0.2, 0.25) is 15.9 Å². The molecule has 1 aliphatic rings. The number of carbonyl (C=O) groups excluding carboxylic acids is 1. The highest BCUT2D eigenvalue weighted by Crippen LogP contribution is 2.35. The van der Waals surface area contributed by atoms with E-state index in [1.165, 1.54) is 34.9 Å². The fourth-order valence-electron chi connectivity index (χ4n) is 4.44. The normalized spacial score (nSPS) is 16.6. The number of halogens is 1. The summed E-state index contributed by atoms with van der Waals surface area (Å²) in [6, 6.07) is 11.0. The topological polar surface area (TPSA) is 83.0 Å². The van der Waals surface area contributed by atoms with Crippen molar-refractivity contribution < 1.29 is 17.9 Å². The summed E-state index contributed by atoms with van der Waals surface area (Å²) in [6.45, 7) is 7.21. The number of nitrogens with zero attached hydrogens (tertiary/aromatic N) is 4. The zero-order chi connectivity index (χ0) is 25.9. The highest BCUT2D eigenvalue weighted by atomic mass is 35.5. The molecule has 1 fully saturated rings. The van der Waals surface area contributed by atoms with E-state index in [0.29, 0.717) is 53.9 Å². The Labute approximate surface area is 221 Å². The Morgan fingerprint density at radius 3 is 2.53 bits per heavy atom. The molecule has 2 heterocycles. The Balaban J connectivity index is 1.67. The average Bonchev–Trinajstić information content (AvgIpc) is 3.55. The smallest absolute Gasteiger partial charge is 0.247 e. The maximum atomic E-state index is 14.0. The van der Waals surface area contributed by atoms with Gasteiger partial charge < -0.3 is 9.64 Å². The predicted octanol–water partition coefficient (Wildman–Crippen LogP) is 4.49. The molecule has 0 spiro atoms. The molecule has 1 aliphatic heterocycles. The minimum Gasteiger partial charge on any atom is -0.497 e. The molecular formula is C25H31ClN4O4S2. The van der Waals surface area contributed by atoms with E-state index < -0.39 is 16.1 Å². The van der Waals surface area contributed by atoms with Gasteiger partial charge in [0, 0.05) is 19.6 Å². The number of amides is 1. The van der Waals surface area contributed by atoms with E-state index in [-0.39, 0.29) is 10.8 Å². The number of thiazole rings is 1. The van der Waals surface area contributed by atoms with Crippen molar-refractivity contribution in [1.29, 1.82) is 0 Å². The third-order valence-electron chi connectivity index (χ3n) is 6.54. The van der Waals surface area contributed by atoms with Crippen LogP contribution in [0.15, 0.2) is 47.4 Å². The van der Waals surface area contributed by atoms with Crippen LogP contribution >= 0.6 is 22.9 Å². The number of likely N-dealkylation sites (N-methyl/N-ethyl adjacent to an activating group) is 1. The van der Waals surface area contributed by atoms with Gasteiger partial charge in [0.1, 0.15) is 17.3 Å². The number of para-hydroxylation sites is 1. The predicted molar refractivity (Wildman–Crippen MR) is 145 cm³/mol. The minimum absolute atomic E-state index is 0.143.